The first-order valence-electron chi connectivity index (χ1n) is 5.02. The number of allylic oxidation sites excluding steroid dienone is 1. The van der Waals surface area contributed by atoms with E-state index in [1.807, 2.05) is 18.3 Å². The van der Waals surface area contributed by atoms with Crippen molar-refractivity contribution in [3.05, 3.63) is 42.2 Å². The number of rotatable bonds is 5. The van der Waals surface area contributed by atoms with Crippen LogP contribution in [-0.2, 0) is 0 Å². The van der Waals surface area contributed by atoms with Gasteiger partial charge in [-0.25, -0.2) is 0 Å². The Morgan fingerprint density at radius 3 is 3.07 bits per heavy atom. The lowest BCUT2D eigenvalue weighted by Crippen LogP contribution is -2.11. The molecule has 0 radical (unpaired) electrons. The quantitative estimate of drug-likeness (QED) is 0.572. The van der Waals surface area contributed by atoms with Gasteiger partial charge >= 0.3 is 0 Å². The van der Waals surface area contributed by atoms with Gasteiger partial charge in [0.1, 0.15) is 0 Å². The van der Waals surface area contributed by atoms with Crippen molar-refractivity contribution < 1.29 is 0 Å². The minimum absolute atomic E-state index is 0.114. The zero-order valence-electron chi connectivity index (χ0n) is 8.74. The van der Waals surface area contributed by atoms with Crippen LogP contribution in [0, 0.1) is 6.92 Å². The second-order valence-electron chi connectivity index (χ2n) is 3.56. The second kappa shape index (κ2) is 5.55. The van der Waals surface area contributed by atoms with Crippen molar-refractivity contribution in [2.24, 2.45) is 5.73 Å². The lowest BCUT2D eigenvalue weighted by Gasteiger charge is -2.13. The van der Waals surface area contributed by atoms with Gasteiger partial charge in [0.05, 0.1) is 0 Å². The molecule has 0 aromatic carbocycles. The molecular weight excluding hydrogens is 172 g/mol. The fourth-order valence-corrected chi connectivity index (χ4v) is 1.50. The highest BCUT2D eigenvalue weighted by Crippen LogP contribution is 2.18. The summed E-state index contributed by atoms with van der Waals surface area (Å²) in [5.41, 5.74) is 8.45. The molecule has 0 saturated heterocycles. The van der Waals surface area contributed by atoms with Gasteiger partial charge in [-0.1, -0.05) is 6.08 Å². The molecule has 0 aliphatic rings. The molecule has 1 rings (SSSR count). The summed E-state index contributed by atoms with van der Waals surface area (Å²) in [5.74, 6) is 0. The summed E-state index contributed by atoms with van der Waals surface area (Å²) in [5, 5.41) is 0. The van der Waals surface area contributed by atoms with Gasteiger partial charge in [-0.15, -0.1) is 6.58 Å². The molecular formula is C12H18N2. The van der Waals surface area contributed by atoms with Crippen molar-refractivity contribution in [2.45, 2.75) is 32.2 Å². The predicted octanol–water partition coefficient (Wildman–Crippen LogP) is 2.75. The normalized spacial score (nSPS) is 12.4. The maximum Gasteiger partial charge on any atom is 0.0318 e. The SMILES string of the molecule is C=CCCCC(N)c1cnccc1C. The van der Waals surface area contributed by atoms with Gasteiger partial charge in [-0.05, 0) is 43.4 Å². The lowest BCUT2D eigenvalue weighted by molar-refractivity contribution is 0.612. The third-order valence-electron chi connectivity index (χ3n) is 2.40. The third kappa shape index (κ3) is 2.96. The molecule has 2 N–H and O–H groups in total. The summed E-state index contributed by atoms with van der Waals surface area (Å²) in [6.45, 7) is 5.77. The summed E-state index contributed by atoms with van der Waals surface area (Å²) in [6.07, 6.45) is 8.73. The Balaban J connectivity index is 2.55. The zero-order valence-corrected chi connectivity index (χ0v) is 8.74. The molecule has 1 aromatic rings. The highest BCUT2D eigenvalue weighted by molar-refractivity contribution is 5.24. The summed E-state index contributed by atoms with van der Waals surface area (Å²) in [6, 6.07) is 2.12. The van der Waals surface area contributed by atoms with E-state index in [1.165, 1.54) is 5.56 Å². The molecule has 1 heterocycles. The van der Waals surface area contributed by atoms with Crippen LogP contribution in [0.1, 0.15) is 36.4 Å². The van der Waals surface area contributed by atoms with E-state index in [-0.39, 0.29) is 6.04 Å². The number of hydrogen-bond acceptors (Lipinski definition) is 2. The van der Waals surface area contributed by atoms with E-state index in [1.54, 1.807) is 6.20 Å². The Labute approximate surface area is 85.9 Å². The number of hydrogen-bond donors (Lipinski definition) is 1. The van der Waals surface area contributed by atoms with Gasteiger partial charge in [0.2, 0.25) is 0 Å². The van der Waals surface area contributed by atoms with Crippen LogP contribution in [0.15, 0.2) is 31.1 Å². The van der Waals surface area contributed by atoms with E-state index in [9.17, 15) is 0 Å². The highest BCUT2D eigenvalue weighted by Gasteiger charge is 2.07. The van der Waals surface area contributed by atoms with E-state index in [0.717, 1.165) is 24.8 Å². The smallest absolute Gasteiger partial charge is 0.0318 e. The number of aromatic nitrogens is 1. The van der Waals surface area contributed by atoms with Crippen molar-refractivity contribution in [3.8, 4) is 0 Å². The minimum Gasteiger partial charge on any atom is -0.324 e. The van der Waals surface area contributed by atoms with Crippen molar-refractivity contribution in [2.75, 3.05) is 0 Å². The van der Waals surface area contributed by atoms with E-state index in [2.05, 4.69) is 18.5 Å². The van der Waals surface area contributed by atoms with Crippen molar-refractivity contribution in [1.29, 1.82) is 0 Å². The van der Waals surface area contributed by atoms with E-state index in [4.69, 9.17) is 5.73 Å². The number of nitrogens with two attached hydrogens (primary N) is 1. The van der Waals surface area contributed by atoms with E-state index in [0.29, 0.717) is 0 Å². The average Bonchev–Trinajstić information content (AvgIpc) is 2.18. The molecule has 1 unspecified atom stereocenters. The van der Waals surface area contributed by atoms with Crippen LogP contribution in [0.4, 0.5) is 0 Å². The predicted molar refractivity (Wildman–Crippen MR) is 60.0 cm³/mol. The van der Waals surface area contributed by atoms with E-state index >= 15 is 0 Å². The molecule has 0 spiro atoms. The van der Waals surface area contributed by atoms with Gasteiger partial charge in [-0.2, -0.15) is 0 Å². The Hall–Kier alpha value is -1.15. The van der Waals surface area contributed by atoms with Crippen molar-refractivity contribution in [1.82, 2.24) is 4.98 Å². The Morgan fingerprint density at radius 1 is 1.64 bits per heavy atom. The molecule has 0 aliphatic heterocycles. The maximum atomic E-state index is 6.06. The Kier molecular flexibility index (Phi) is 4.33. The van der Waals surface area contributed by atoms with Crippen molar-refractivity contribution >= 4 is 0 Å². The first-order chi connectivity index (χ1) is 6.75. The van der Waals surface area contributed by atoms with Gasteiger partial charge < -0.3 is 5.73 Å². The molecule has 2 heteroatoms. The summed E-state index contributed by atoms with van der Waals surface area (Å²) in [7, 11) is 0. The van der Waals surface area contributed by atoms with Gasteiger partial charge in [0, 0.05) is 18.4 Å². The minimum atomic E-state index is 0.114. The highest BCUT2D eigenvalue weighted by atomic mass is 14.7. The molecule has 76 valence electrons. The van der Waals surface area contributed by atoms with Crippen molar-refractivity contribution in [3.63, 3.8) is 0 Å². The molecule has 0 aliphatic carbocycles. The van der Waals surface area contributed by atoms with E-state index < -0.39 is 0 Å². The topological polar surface area (TPSA) is 38.9 Å². The Bertz CT molecular complexity index is 294. The van der Waals surface area contributed by atoms with Crippen LogP contribution >= 0.6 is 0 Å². The lowest BCUT2D eigenvalue weighted by atomic mass is 10.00. The fourth-order valence-electron chi connectivity index (χ4n) is 1.50. The first kappa shape index (κ1) is 10.9. The van der Waals surface area contributed by atoms with Crippen LogP contribution in [-0.4, -0.2) is 4.98 Å². The van der Waals surface area contributed by atoms with Crippen LogP contribution in [0.2, 0.25) is 0 Å². The number of nitrogens with zero attached hydrogens (tertiary/aromatic N) is 1. The van der Waals surface area contributed by atoms with Gasteiger partial charge in [-0.3, -0.25) is 4.98 Å². The zero-order chi connectivity index (χ0) is 10.4. The first-order valence-corrected chi connectivity index (χ1v) is 5.02. The monoisotopic (exact) mass is 190 g/mol. The number of unbranched alkanes of at least 4 members (excludes halogenated alkanes) is 1. The summed E-state index contributed by atoms with van der Waals surface area (Å²) in [4.78, 5) is 4.09. The molecule has 1 aromatic heterocycles. The van der Waals surface area contributed by atoms with Gasteiger partial charge in [0.15, 0.2) is 0 Å². The fraction of sp³-hybridized carbons (Fsp3) is 0.417. The molecule has 0 saturated carbocycles. The third-order valence-corrected chi connectivity index (χ3v) is 2.40. The molecule has 0 fully saturated rings. The van der Waals surface area contributed by atoms with Crippen LogP contribution in [0.3, 0.4) is 0 Å². The van der Waals surface area contributed by atoms with Crippen LogP contribution in [0.25, 0.3) is 0 Å². The molecule has 1 atom stereocenters. The largest absolute Gasteiger partial charge is 0.324 e. The molecule has 0 amide bonds. The van der Waals surface area contributed by atoms with Crippen LogP contribution < -0.4 is 5.73 Å². The summed E-state index contributed by atoms with van der Waals surface area (Å²) >= 11 is 0. The number of pyridine rings is 1. The Morgan fingerprint density at radius 2 is 2.43 bits per heavy atom. The molecule has 2 nitrogen and oxygen atoms in total. The maximum absolute atomic E-state index is 6.06. The average molecular weight is 190 g/mol. The number of aryl methyl sites for hydroxylation is 1. The molecule has 0 bridgehead atoms. The second-order valence-corrected chi connectivity index (χ2v) is 3.56. The molecule has 14 heavy (non-hydrogen) atoms. The summed E-state index contributed by atoms with van der Waals surface area (Å²) < 4.78 is 0. The standard InChI is InChI=1S/C12H18N2/c1-3-4-5-6-12(13)11-9-14-8-7-10(11)2/h3,7-9,12H,1,4-6,13H2,2H3. The van der Waals surface area contributed by atoms with Crippen LogP contribution in [0.5, 0.6) is 0 Å². The van der Waals surface area contributed by atoms with Gasteiger partial charge in [0.25, 0.3) is 0 Å².